The zero-order chi connectivity index (χ0) is 27.2. The second kappa shape index (κ2) is 21.4. The van der Waals surface area contributed by atoms with Gasteiger partial charge in [-0.3, -0.25) is 0 Å². The molecule has 7 heteroatoms. The van der Waals surface area contributed by atoms with E-state index in [1.54, 1.807) is 4.90 Å². The maximum Gasteiger partial charge on any atom is 0.409 e. The van der Waals surface area contributed by atoms with Crippen LogP contribution >= 0.6 is 0 Å². The number of amides is 2. The fraction of sp³-hybridized carbons (Fsp3) is 0.933. The third-order valence-corrected chi connectivity index (χ3v) is 7.24. The summed E-state index contributed by atoms with van der Waals surface area (Å²) in [6, 6.07) is 0. The predicted octanol–water partition coefficient (Wildman–Crippen LogP) is 7.38. The van der Waals surface area contributed by atoms with Crippen molar-refractivity contribution in [3.63, 3.8) is 0 Å². The number of rotatable bonds is 21. The fourth-order valence-electron chi connectivity index (χ4n) is 4.55. The van der Waals surface area contributed by atoms with Crippen molar-refractivity contribution in [1.29, 1.82) is 0 Å². The van der Waals surface area contributed by atoms with Crippen LogP contribution in [0.3, 0.4) is 0 Å². The van der Waals surface area contributed by atoms with Crippen molar-refractivity contribution in [3.05, 3.63) is 0 Å². The Hall–Kier alpha value is -1.50. The van der Waals surface area contributed by atoms with Crippen LogP contribution in [0.15, 0.2) is 0 Å². The lowest BCUT2D eigenvalue weighted by Gasteiger charge is -2.32. The van der Waals surface area contributed by atoms with Crippen molar-refractivity contribution in [2.75, 3.05) is 53.0 Å². The Balaban J connectivity index is 1.88. The van der Waals surface area contributed by atoms with Crippen LogP contribution in [0.25, 0.3) is 0 Å². The molecule has 218 valence electrons. The lowest BCUT2D eigenvalue weighted by atomic mass is 9.96. The zero-order valence-corrected chi connectivity index (χ0v) is 24.8. The van der Waals surface area contributed by atoms with Gasteiger partial charge in [-0.15, -0.1) is 0 Å². The molecule has 2 amide bonds. The number of carbonyl (C=O) groups excluding carboxylic acids is 2. The first-order valence-electron chi connectivity index (χ1n) is 15.3. The lowest BCUT2D eigenvalue weighted by Crippen LogP contribution is -2.47. The van der Waals surface area contributed by atoms with Gasteiger partial charge in [0.25, 0.3) is 0 Å². The average molecular weight is 526 g/mol. The lowest BCUT2D eigenvalue weighted by molar-refractivity contribution is 0.0265. The number of hydrogen-bond acceptors (Lipinski definition) is 5. The molecular formula is C30H59N3O4. The van der Waals surface area contributed by atoms with Gasteiger partial charge in [-0.1, -0.05) is 117 Å². The maximum atomic E-state index is 12.2. The Labute approximate surface area is 228 Å². The molecule has 1 heterocycles. The summed E-state index contributed by atoms with van der Waals surface area (Å²) < 4.78 is 10.8. The fourth-order valence-corrected chi connectivity index (χ4v) is 4.55. The van der Waals surface area contributed by atoms with Crippen LogP contribution in [0.2, 0.25) is 0 Å². The summed E-state index contributed by atoms with van der Waals surface area (Å²) in [5.74, 6) is 0. The van der Waals surface area contributed by atoms with Crippen molar-refractivity contribution in [3.8, 4) is 0 Å². The summed E-state index contributed by atoms with van der Waals surface area (Å²) in [6.07, 6.45) is 20.7. The third-order valence-electron chi connectivity index (χ3n) is 7.24. The molecular weight excluding hydrogens is 466 g/mol. The van der Waals surface area contributed by atoms with Gasteiger partial charge >= 0.3 is 12.2 Å². The number of alkyl carbamates (subject to hydrolysis) is 1. The van der Waals surface area contributed by atoms with Gasteiger partial charge in [-0.05, 0) is 13.5 Å². The molecule has 0 bridgehead atoms. The van der Waals surface area contributed by atoms with Gasteiger partial charge in [0, 0.05) is 38.1 Å². The monoisotopic (exact) mass is 525 g/mol. The summed E-state index contributed by atoms with van der Waals surface area (Å²) in [6.45, 7) is 10.3. The van der Waals surface area contributed by atoms with Crippen LogP contribution < -0.4 is 5.32 Å². The molecule has 0 atom stereocenters. The number of piperazine rings is 1. The van der Waals surface area contributed by atoms with E-state index in [9.17, 15) is 9.59 Å². The molecule has 0 spiro atoms. The van der Waals surface area contributed by atoms with Crippen LogP contribution in [0.5, 0.6) is 0 Å². The summed E-state index contributed by atoms with van der Waals surface area (Å²) in [5, 5.41) is 2.84. The van der Waals surface area contributed by atoms with Crippen molar-refractivity contribution in [2.45, 2.75) is 124 Å². The van der Waals surface area contributed by atoms with E-state index in [0.717, 1.165) is 25.9 Å². The van der Waals surface area contributed by atoms with Crippen LogP contribution in [0.4, 0.5) is 9.59 Å². The highest BCUT2D eigenvalue weighted by Gasteiger charge is 2.26. The molecule has 0 aromatic heterocycles. The zero-order valence-electron chi connectivity index (χ0n) is 24.8. The Morgan fingerprint density at radius 1 is 0.676 bits per heavy atom. The van der Waals surface area contributed by atoms with E-state index in [1.165, 1.54) is 89.9 Å². The summed E-state index contributed by atoms with van der Waals surface area (Å²) >= 11 is 0. The van der Waals surface area contributed by atoms with E-state index in [-0.39, 0.29) is 25.4 Å². The number of hydrogen-bond donors (Lipinski definition) is 1. The molecule has 1 aliphatic rings. The van der Waals surface area contributed by atoms with E-state index in [2.05, 4.69) is 24.2 Å². The number of likely N-dealkylation sites (N-methyl/N-ethyl adjacent to an activating group) is 1. The quantitative estimate of drug-likeness (QED) is 0.158. The molecule has 37 heavy (non-hydrogen) atoms. The summed E-state index contributed by atoms with van der Waals surface area (Å²) in [4.78, 5) is 28.2. The first-order chi connectivity index (χ1) is 17.8. The van der Waals surface area contributed by atoms with Crippen molar-refractivity contribution in [2.24, 2.45) is 5.41 Å². The smallest absolute Gasteiger partial charge is 0.409 e. The maximum absolute atomic E-state index is 12.2. The first kappa shape index (κ1) is 33.5. The molecule has 0 aliphatic carbocycles. The normalized spacial score (nSPS) is 14.5. The van der Waals surface area contributed by atoms with Gasteiger partial charge < -0.3 is 24.6 Å². The van der Waals surface area contributed by atoms with E-state index in [0.29, 0.717) is 19.6 Å². The van der Waals surface area contributed by atoms with E-state index < -0.39 is 5.41 Å². The van der Waals surface area contributed by atoms with Crippen molar-refractivity contribution >= 4 is 12.2 Å². The highest BCUT2D eigenvalue weighted by molar-refractivity contribution is 5.68. The predicted molar refractivity (Wildman–Crippen MR) is 153 cm³/mol. The SMILES string of the molecule is CCCCCCCCCCCCCCCCCCNC(=O)OCC(C)(C)COC(=O)N1CCN(C)CC1. The Kier molecular flexibility index (Phi) is 19.4. The van der Waals surface area contributed by atoms with E-state index >= 15 is 0 Å². The van der Waals surface area contributed by atoms with Gasteiger partial charge in [0.15, 0.2) is 0 Å². The molecule has 1 N–H and O–H groups in total. The average Bonchev–Trinajstić information content (AvgIpc) is 2.88. The largest absolute Gasteiger partial charge is 0.449 e. The highest BCUT2D eigenvalue weighted by Crippen LogP contribution is 2.17. The molecule has 1 rings (SSSR count). The molecule has 0 unspecified atom stereocenters. The molecule has 0 aromatic rings. The van der Waals surface area contributed by atoms with Crippen LogP contribution in [0.1, 0.15) is 124 Å². The molecule has 1 fully saturated rings. The van der Waals surface area contributed by atoms with Crippen LogP contribution in [-0.2, 0) is 9.47 Å². The number of carbonyl (C=O) groups is 2. The van der Waals surface area contributed by atoms with Gasteiger partial charge in [0.1, 0.15) is 13.2 Å². The van der Waals surface area contributed by atoms with Crippen molar-refractivity contribution < 1.29 is 19.1 Å². The number of nitrogens with one attached hydrogen (secondary N) is 1. The first-order valence-corrected chi connectivity index (χ1v) is 15.3. The number of unbranched alkanes of at least 4 members (excludes halogenated alkanes) is 15. The second-order valence-corrected chi connectivity index (χ2v) is 11.8. The van der Waals surface area contributed by atoms with E-state index in [4.69, 9.17) is 9.47 Å². The number of nitrogens with zero attached hydrogens (tertiary/aromatic N) is 2. The Morgan fingerprint density at radius 3 is 1.59 bits per heavy atom. The molecule has 1 aliphatic heterocycles. The topological polar surface area (TPSA) is 71.1 Å². The minimum Gasteiger partial charge on any atom is -0.449 e. The molecule has 1 saturated heterocycles. The van der Waals surface area contributed by atoms with Crippen molar-refractivity contribution in [1.82, 2.24) is 15.1 Å². The molecule has 0 aromatic carbocycles. The van der Waals surface area contributed by atoms with Crippen LogP contribution in [0, 0.1) is 5.41 Å². The molecule has 0 radical (unpaired) electrons. The Bertz CT molecular complexity index is 577. The Morgan fingerprint density at radius 2 is 1.11 bits per heavy atom. The van der Waals surface area contributed by atoms with Gasteiger partial charge in [0.2, 0.25) is 0 Å². The number of ether oxygens (including phenoxy) is 2. The van der Waals surface area contributed by atoms with E-state index in [1.807, 2.05) is 13.8 Å². The second-order valence-electron chi connectivity index (χ2n) is 11.8. The van der Waals surface area contributed by atoms with Gasteiger partial charge in [0.05, 0.1) is 0 Å². The summed E-state index contributed by atoms with van der Waals surface area (Å²) in [5.41, 5.74) is -0.423. The molecule has 7 nitrogen and oxygen atoms in total. The summed E-state index contributed by atoms with van der Waals surface area (Å²) in [7, 11) is 2.05. The highest BCUT2D eigenvalue weighted by atomic mass is 16.6. The minimum absolute atomic E-state index is 0.216. The third kappa shape index (κ3) is 19.3. The standard InChI is InChI=1S/C30H59N3O4/c1-5-6-7-8-9-10-11-12-13-14-15-16-17-18-19-20-21-31-28(34)36-26-30(2,3)27-37-29(35)33-24-22-32(4)23-25-33/h5-27H2,1-4H3,(H,31,34). The van der Waals surface area contributed by atoms with Gasteiger partial charge in [-0.2, -0.15) is 0 Å². The molecule has 0 saturated carbocycles. The van der Waals surface area contributed by atoms with Gasteiger partial charge in [-0.25, -0.2) is 9.59 Å². The van der Waals surface area contributed by atoms with Crippen LogP contribution in [-0.4, -0.2) is 75.0 Å². The minimum atomic E-state index is -0.423.